The van der Waals surface area contributed by atoms with Gasteiger partial charge in [-0.1, -0.05) is 27.7 Å². The van der Waals surface area contributed by atoms with Gasteiger partial charge in [-0.2, -0.15) is 0 Å². The molecule has 2 aliphatic carbocycles. The topological polar surface area (TPSA) is 26.3 Å². The van der Waals surface area contributed by atoms with Crippen molar-refractivity contribution in [3.05, 3.63) is 0 Å². The van der Waals surface area contributed by atoms with E-state index in [1.54, 1.807) is 0 Å². The fourth-order valence-electron chi connectivity index (χ4n) is 3.69. The third-order valence-corrected chi connectivity index (χ3v) is 4.26. The number of hydrogen-bond acceptors (Lipinski definition) is 2. The average Bonchev–Trinajstić information content (AvgIpc) is 2.64. The van der Waals surface area contributed by atoms with Crippen LogP contribution in [0.5, 0.6) is 0 Å². The highest BCUT2D eigenvalue weighted by molar-refractivity contribution is 5.76. The average molecular weight is 196 g/mol. The predicted molar refractivity (Wildman–Crippen MR) is 54.7 cm³/mol. The van der Waals surface area contributed by atoms with Crippen molar-refractivity contribution in [2.24, 2.45) is 23.2 Å². The Bertz CT molecular complexity index is 253. The summed E-state index contributed by atoms with van der Waals surface area (Å²) in [6.07, 6.45) is 2.58. The summed E-state index contributed by atoms with van der Waals surface area (Å²) in [7, 11) is 0. The van der Waals surface area contributed by atoms with E-state index in [4.69, 9.17) is 4.74 Å². The van der Waals surface area contributed by atoms with E-state index in [9.17, 15) is 4.79 Å². The zero-order valence-corrected chi connectivity index (χ0v) is 9.54. The van der Waals surface area contributed by atoms with Crippen LogP contribution >= 0.6 is 0 Å². The largest absolute Gasteiger partial charge is 0.461 e. The molecule has 4 rings (SSSR count). The Balaban J connectivity index is 0.000000354. The van der Waals surface area contributed by atoms with Gasteiger partial charge < -0.3 is 4.74 Å². The first-order valence-corrected chi connectivity index (χ1v) is 5.81. The highest BCUT2D eigenvalue weighted by Gasteiger charge is 2.65. The summed E-state index contributed by atoms with van der Waals surface area (Å²) in [6, 6.07) is 0. The summed E-state index contributed by atoms with van der Waals surface area (Å²) >= 11 is 0. The lowest BCUT2D eigenvalue weighted by atomic mass is 9.67. The van der Waals surface area contributed by atoms with Crippen LogP contribution in [0.3, 0.4) is 0 Å². The Kier molecular flexibility index (Phi) is 2.13. The van der Waals surface area contributed by atoms with E-state index < -0.39 is 0 Å². The molecule has 4 fully saturated rings. The van der Waals surface area contributed by atoms with E-state index in [1.807, 2.05) is 13.8 Å². The van der Waals surface area contributed by atoms with Crippen molar-refractivity contribution in [1.82, 2.24) is 0 Å². The van der Waals surface area contributed by atoms with Crippen LogP contribution in [-0.2, 0) is 9.53 Å². The summed E-state index contributed by atoms with van der Waals surface area (Å²) in [6.45, 7) is 8.50. The van der Waals surface area contributed by atoms with Crippen LogP contribution in [0.4, 0.5) is 0 Å². The van der Waals surface area contributed by atoms with Gasteiger partial charge >= 0.3 is 5.97 Å². The van der Waals surface area contributed by atoms with Gasteiger partial charge in [0.2, 0.25) is 0 Å². The van der Waals surface area contributed by atoms with Gasteiger partial charge in [-0.05, 0) is 24.7 Å². The van der Waals surface area contributed by atoms with Gasteiger partial charge in [-0.3, -0.25) is 4.79 Å². The molecule has 4 aliphatic rings. The van der Waals surface area contributed by atoms with E-state index in [1.165, 1.54) is 6.42 Å². The summed E-state index contributed by atoms with van der Waals surface area (Å²) in [5.74, 6) is 1.63. The van der Waals surface area contributed by atoms with Crippen molar-refractivity contribution in [2.75, 3.05) is 0 Å². The van der Waals surface area contributed by atoms with Crippen molar-refractivity contribution in [3.8, 4) is 0 Å². The van der Waals surface area contributed by atoms with Gasteiger partial charge in [0.1, 0.15) is 6.10 Å². The highest BCUT2D eigenvalue weighted by atomic mass is 16.5. The number of carbonyl (C=O) groups excluding carboxylic acids is 1. The zero-order valence-electron chi connectivity index (χ0n) is 9.54. The maximum absolute atomic E-state index is 11.4. The fourth-order valence-corrected chi connectivity index (χ4v) is 3.69. The number of esters is 1. The van der Waals surface area contributed by atoms with Crippen molar-refractivity contribution in [1.29, 1.82) is 0 Å². The third-order valence-electron chi connectivity index (χ3n) is 4.26. The summed E-state index contributed by atoms with van der Waals surface area (Å²) in [5, 5.41) is 0. The van der Waals surface area contributed by atoms with Crippen LogP contribution in [0.15, 0.2) is 0 Å². The molecule has 2 heteroatoms. The summed E-state index contributed by atoms with van der Waals surface area (Å²) in [4.78, 5) is 11.4. The number of fused-ring (bicyclic) bond motifs is 1. The Morgan fingerprint density at radius 2 is 1.93 bits per heavy atom. The zero-order chi connectivity index (χ0) is 10.5. The van der Waals surface area contributed by atoms with Gasteiger partial charge in [0, 0.05) is 5.41 Å². The molecule has 0 aromatic rings. The molecule has 2 heterocycles. The quantitative estimate of drug-likeness (QED) is 0.557. The molecule has 4 bridgehead atoms. The molecule has 14 heavy (non-hydrogen) atoms. The maximum Gasteiger partial charge on any atom is 0.309 e. The van der Waals surface area contributed by atoms with Crippen molar-refractivity contribution in [2.45, 2.75) is 46.6 Å². The molecule has 2 aliphatic heterocycles. The molecule has 80 valence electrons. The molecule has 0 radical (unpaired) electrons. The van der Waals surface area contributed by atoms with Crippen LogP contribution in [0.2, 0.25) is 0 Å². The van der Waals surface area contributed by atoms with Crippen LogP contribution < -0.4 is 0 Å². The monoisotopic (exact) mass is 196 g/mol. The second kappa shape index (κ2) is 2.98. The minimum absolute atomic E-state index is 0.0816. The molecule has 0 aromatic heterocycles. The summed E-state index contributed by atoms with van der Waals surface area (Å²) < 4.78 is 5.42. The SMILES string of the molecule is CC.CC1(C)C2CC3CC2C(=O)OC31. The number of carbonyl (C=O) groups is 1. The first kappa shape index (κ1) is 10.0. The molecular formula is C12H20O2. The highest BCUT2D eigenvalue weighted by Crippen LogP contribution is 2.62. The van der Waals surface area contributed by atoms with Crippen LogP contribution in [0.25, 0.3) is 0 Å². The lowest BCUT2D eigenvalue weighted by Crippen LogP contribution is -2.51. The molecule has 4 atom stereocenters. The predicted octanol–water partition coefficient (Wildman–Crippen LogP) is 2.62. The summed E-state index contributed by atoms with van der Waals surface area (Å²) in [5.41, 5.74) is 0.265. The molecule has 2 saturated carbocycles. The van der Waals surface area contributed by atoms with Crippen LogP contribution in [-0.4, -0.2) is 12.1 Å². The second-order valence-corrected chi connectivity index (χ2v) is 5.12. The Morgan fingerprint density at radius 1 is 1.29 bits per heavy atom. The van der Waals surface area contributed by atoms with Gasteiger partial charge in [0.05, 0.1) is 5.92 Å². The van der Waals surface area contributed by atoms with Crippen molar-refractivity contribution < 1.29 is 9.53 Å². The van der Waals surface area contributed by atoms with E-state index >= 15 is 0 Å². The lowest BCUT2D eigenvalue weighted by Gasteiger charge is -2.46. The number of ether oxygens (including phenoxy) is 1. The van der Waals surface area contributed by atoms with E-state index in [0.717, 1.165) is 6.42 Å². The van der Waals surface area contributed by atoms with Gasteiger partial charge in [-0.25, -0.2) is 0 Å². The smallest absolute Gasteiger partial charge is 0.309 e. The minimum atomic E-state index is 0.0816. The van der Waals surface area contributed by atoms with Crippen LogP contribution in [0, 0.1) is 23.2 Å². The Hall–Kier alpha value is -0.530. The van der Waals surface area contributed by atoms with E-state index in [-0.39, 0.29) is 23.4 Å². The van der Waals surface area contributed by atoms with Gasteiger partial charge in [0.15, 0.2) is 0 Å². The molecule has 4 unspecified atom stereocenters. The fraction of sp³-hybridized carbons (Fsp3) is 0.917. The molecular weight excluding hydrogens is 176 g/mol. The van der Waals surface area contributed by atoms with Crippen molar-refractivity contribution in [3.63, 3.8) is 0 Å². The first-order valence-electron chi connectivity index (χ1n) is 5.81. The molecule has 0 amide bonds. The number of rotatable bonds is 0. The van der Waals surface area contributed by atoms with E-state index in [2.05, 4.69) is 13.8 Å². The van der Waals surface area contributed by atoms with E-state index in [0.29, 0.717) is 11.8 Å². The minimum Gasteiger partial charge on any atom is -0.461 e. The number of hydrogen-bond donors (Lipinski definition) is 0. The molecule has 2 saturated heterocycles. The molecule has 0 aromatic carbocycles. The Morgan fingerprint density at radius 3 is 2.36 bits per heavy atom. The maximum atomic E-state index is 11.4. The standard InChI is InChI=1S/C10H14O2.C2H6/c1-10(2)7-4-5-3-6(7)9(11)12-8(5)10;1-2/h5-8H,3-4H2,1-2H3;1-2H3. The molecule has 0 N–H and O–H groups in total. The van der Waals surface area contributed by atoms with Crippen molar-refractivity contribution >= 4 is 5.97 Å². The van der Waals surface area contributed by atoms with Crippen LogP contribution in [0.1, 0.15) is 40.5 Å². The molecule has 2 nitrogen and oxygen atoms in total. The van der Waals surface area contributed by atoms with Gasteiger partial charge in [-0.15, -0.1) is 0 Å². The normalized spacial score (nSPS) is 45.9. The Labute approximate surface area is 86.0 Å². The first-order chi connectivity index (χ1) is 6.60. The molecule has 0 spiro atoms. The lowest BCUT2D eigenvalue weighted by molar-refractivity contribution is -0.187. The van der Waals surface area contributed by atoms with Gasteiger partial charge in [0.25, 0.3) is 0 Å². The third kappa shape index (κ3) is 0.999. The second-order valence-electron chi connectivity index (χ2n) is 5.12.